The molecule has 0 unspecified atom stereocenters. The zero-order valence-electron chi connectivity index (χ0n) is 27.0. The van der Waals surface area contributed by atoms with Crippen LogP contribution in [-0.4, -0.2) is 43.4 Å². The van der Waals surface area contributed by atoms with E-state index in [-0.39, 0.29) is 20.9 Å². The Bertz CT molecular complexity index is 2350. The van der Waals surface area contributed by atoms with Crippen molar-refractivity contribution in [2.75, 3.05) is 6.61 Å². The number of halogens is 2. The van der Waals surface area contributed by atoms with E-state index in [1.807, 2.05) is 6.92 Å². The molecule has 0 amide bonds. The number of nitrogens with zero attached hydrogens (tertiary/aromatic N) is 5. The number of benzene rings is 3. The van der Waals surface area contributed by atoms with Crippen molar-refractivity contribution in [3.05, 3.63) is 123 Å². The number of esters is 1. The number of hydrogen-bond acceptors (Lipinski definition) is 11. The van der Waals surface area contributed by atoms with Crippen LogP contribution in [0.25, 0.3) is 17.5 Å². The smallest absolute Gasteiger partial charge is 0.338 e. The quantitative estimate of drug-likeness (QED) is 0.0929. The molecule has 0 saturated carbocycles. The lowest BCUT2D eigenvalue weighted by Gasteiger charge is -2.25. The van der Waals surface area contributed by atoms with Crippen molar-refractivity contribution in [1.82, 2.24) is 19.7 Å². The Kier molecular flexibility index (Phi) is 10.3. The molecule has 256 valence electrons. The topological polar surface area (TPSA) is 155 Å². The van der Waals surface area contributed by atoms with Crippen molar-refractivity contribution < 1.29 is 19.2 Å². The van der Waals surface area contributed by atoms with Crippen molar-refractivity contribution >= 4 is 64.0 Å². The summed E-state index contributed by atoms with van der Waals surface area (Å²) in [5, 5.41) is 20.3. The van der Waals surface area contributed by atoms with Crippen LogP contribution in [0.5, 0.6) is 5.75 Å². The first-order valence-electron chi connectivity index (χ1n) is 15.2. The van der Waals surface area contributed by atoms with Gasteiger partial charge in [0.15, 0.2) is 10.6 Å². The molecule has 0 radical (unpaired) electrons. The van der Waals surface area contributed by atoms with Crippen LogP contribution < -0.4 is 19.6 Å². The van der Waals surface area contributed by atoms with Crippen LogP contribution in [0.4, 0.5) is 5.69 Å². The molecule has 0 aliphatic carbocycles. The fraction of sp³-hybridized carbons (Fsp3) is 0.206. The summed E-state index contributed by atoms with van der Waals surface area (Å²) in [4.78, 5) is 48.8. The predicted molar refractivity (Wildman–Crippen MR) is 192 cm³/mol. The molecule has 1 aliphatic heterocycles. The van der Waals surface area contributed by atoms with Gasteiger partial charge in [0.2, 0.25) is 5.16 Å². The van der Waals surface area contributed by atoms with E-state index in [1.54, 1.807) is 81.4 Å². The number of carbonyl (C=O) groups excluding carboxylic acids is 1. The number of aromatic nitrogens is 4. The lowest BCUT2D eigenvalue weighted by molar-refractivity contribution is -0.387. The first-order chi connectivity index (χ1) is 23.9. The molecular weight excluding hydrogens is 723 g/mol. The van der Waals surface area contributed by atoms with Crippen LogP contribution in [0.3, 0.4) is 0 Å². The molecule has 5 aromatic rings. The van der Waals surface area contributed by atoms with Crippen LogP contribution in [0.2, 0.25) is 10.0 Å². The third kappa shape index (κ3) is 7.24. The van der Waals surface area contributed by atoms with Gasteiger partial charge in [0.25, 0.3) is 11.2 Å². The van der Waals surface area contributed by atoms with Crippen molar-refractivity contribution in [2.24, 2.45) is 4.99 Å². The Morgan fingerprint density at radius 3 is 2.60 bits per heavy atom. The summed E-state index contributed by atoms with van der Waals surface area (Å²) >= 11 is 14.4. The molecular formula is C34H28Cl2N6O6S2. The molecule has 1 aliphatic rings. The summed E-state index contributed by atoms with van der Waals surface area (Å²) in [6.45, 7) is 7.56. The highest BCUT2D eigenvalue weighted by molar-refractivity contribution is 7.99. The Labute approximate surface area is 303 Å². The van der Waals surface area contributed by atoms with Gasteiger partial charge in [0, 0.05) is 16.7 Å². The number of nitro benzene ring substituents is 1. The molecule has 3 heterocycles. The number of fused-ring (bicyclic) bond motifs is 1. The Morgan fingerprint density at radius 2 is 1.92 bits per heavy atom. The van der Waals surface area contributed by atoms with Gasteiger partial charge < -0.3 is 9.47 Å². The van der Waals surface area contributed by atoms with E-state index in [0.717, 1.165) is 23.1 Å². The molecule has 3 aromatic carbocycles. The van der Waals surface area contributed by atoms with Crippen molar-refractivity contribution in [1.29, 1.82) is 0 Å². The highest BCUT2D eigenvalue weighted by Crippen LogP contribution is 2.36. The SMILES string of the molecule is CCOc1ccc([C@H]2C(C(=O)OC(C)C)=C(C)N=c3s/c(=C\c4ccc(Sc5n[nH]c(-c6ccc(Cl)cc6Cl)n5)c([N+](=O)[O-])c4)c(=O)n32)cc1. The maximum atomic E-state index is 14.1. The molecule has 2 aromatic heterocycles. The average molecular weight is 752 g/mol. The number of H-pyrrole nitrogens is 1. The summed E-state index contributed by atoms with van der Waals surface area (Å²) in [6, 6.07) is 15.9. The lowest BCUT2D eigenvalue weighted by Crippen LogP contribution is -2.40. The van der Waals surface area contributed by atoms with E-state index < -0.39 is 28.6 Å². The molecule has 0 spiro atoms. The normalized spacial score (nSPS) is 14.5. The van der Waals surface area contributed by atoms with Gasteiger partial charge in [0.05, 0.1) is 49.4 Å². The predicted octanol–water partition coefficient (Wildman–Crippen LogP) is 6.74. The number of rotatable bonds is 10. The molecule has 1 atom stereocenters. The molecule has 12 nitrogen and oxygen atoms in total. The minimum absolute atomic E-state index is 0.200. The number of carbonyl (C=O) groups is 1. The second-order valence-electron chi connectivity index (χ2n) is 11.2. The fourth-order valence-corrected chi connectivity index (χ4v) is 7.63. The van der Waals surface area contributed by atoms with Gasteiger partial charge >= 0.3 is 5.97 Å². The number of hydrogen-bond donors (Lipinski definition) is 1. The Balaban J connectivity index is 1.37. The van der Waals surface area contributed by atoms with Crippen LogP contribution in [0, 0.1) is 10.1 Å². The van der Waals surface area contributed by atoms with E-state index in [9.17, 15) is 19.7 Å². The third-order valence-corrected chi connectivity index (χ3v) is 9.88. The van der Waals surface area contributed by atoms with Crippen LogP contribution >= 0.6 is 46.3 Å². The molecule has 0 fully saturated rings. The highest BCUT2D eigenvalue weighted by Gasteiger charge is 2.34. The number of aromatic amines is 1. The highest BCUT2D eigenvalue weighted by atomic mass is 35.5. The maximum absolute atomic E-state index is 14.1. The number of nitrogens with one attached hydrogen (secondary N) is 1. The fourth-order valence-electron chi connectivity index (χ4n) is 5.29. The zero-order valence-corrected chi connectivity index (χ0v) is 30.1. The van der Waals surface area contributed by atoms with Crippen LogP contribution in [0.15, 0.2) is 91.8 Å². The first kappa shape index (κ1) is 35.1. The molecule has 50 heavy (non-hydrogen) atoms. The Morgan fingerprint density at radius 1 is 1.16 bits per heavy atom. The Hall–Kier alpha value is -4.76. The van der Waals surface area contributed by atoms with Crippen molar-refractivity contribution in [2.45, 2.75) is 49.9 Å². The number of allylic oxidation sites excluding steroid dienone is 1. The molecule has 16 heteroatoms. The summed E-state index contributed by atoms with van der Waals surface area (Å²) in [6.07, 6.45) is 1.18. The van der Waals surface area contributed by atoms with Crippen molar-refractivity contribution in [3.63, 3.8) is 0 Å². The zero-order chi connectivity index (χ0) is 35.7. The lowest BCUT2D eigenvalue weighted by atomic mass is 9.96. The summed E-state index contributed by atoms with van der Waals surface area (Å²) < 4.78 is 12.9. The minimum Gasteiger partial charge on any atom is -0.494 e. The molecule has 1 N–H and O–H groups in total. The van der Waals surface area contributed by atoms with Gasteiger partial charge in [-0.3, -0.25) is 24.6 Å². The van der Waals surface area contributed by atoms with Crippen LogP contribution in [0.1, 0.15) is 44.9 Å². The van der Waals surface area contributed by atoms with E-state index in [0.29, 0.717) is 60.3 Å². The first-order valence-corrected chi connectivity index (χ1v) is 17.6. The standard InChI is InChI=1S/C34H28Cl2N6O6S2/c1-5-47-22-10-7-20(8-11-22)29-28(32(44)48-17(2)3)18(4)37-34-41(29)31(43)27(50-34)15-19-6-13-26(25(14-19)42(45)46)49-33-38-30(39-40-33)23-12-9-21(35)16-24(23)36/h6-17,29H,5H2,1-4H3,(H,38,39,40)/b27-15-/t29-/m0/s1. The number of ether oxygens (including phenoxy) is 2. The summed E-state index contributed by atoms with van der Waals surface area (Å²) in [5.74, 6) is 0.449. The van der Waals surface area contributed by atoms with E-state index in [2.05, 4.69) is 20.2 Å². The molecule has 0 bridgehead atoms. The van der Waals surface area contributed by atoms with Gasteiger partial charge in [-0.1, -0.05) is 52.7 Å². The van der Waals surface area contributed by atoms with Gasteiger partial charge in [-0.25, -0.2) is 14.8 Å². The average Bonchev–Trinajstić information content (AvgIpc) is 3.64. The largest absolute Gasteiger partial charge is 0.494 e. The van der Waals surface area contributed by atoms with Gasteiger partial charge in [-0.05, 0) is 93.1 Å². The molecule has 0 saturated heterocycles. The van der Waals surface area contributed by atoms with E-state index in [1.165, 1.54) is 10.6 Å². The van der Waals surface area contributed by atoms with Gasteiger partial charge in [-0.2, -0.15) is 0 Å². The van der Waals surface area contributed by atoms with E-state index in [4.69, 9.17) is 32.7 Å². The maximum Gasteiger partial charge on any atom is 0.338 e. The second-order valence-corrected chi connectivity index (χ2v) is 14.1. The van der Waals surface area contributed by atoms with E-state index >= 15 is 0 Å². The van der Waals surface area contributed by atoms with Crippen LogP contribution in [-0.2, 0) is 9.53 Å². The monoisotopic (exact) mass is 750 g/mol. The second kappa shape index (κ2) is 14.6. The van der Waals surface area contributed by atoms with Gasteiger partial charge in [0.1, 0.15) is 5.75 Å². The summed E-state index contributed by atoms with van der Waals surface area (Å²) in [5.41, 5.74) is 1.71. The minimum atomic E-state index is -0.822. The third-order valence-electron chi connectivity index (χ3n) is 7.42. The number of thiazole rings is 1. The number of nitro groups is 1. The van der Waals surface area contributed by atoms with Gasteiger partial charge in [-0.15, -0.1) is 5.10 Å². The van der Waals surface area contributed by atoms with Crippen molar-refractivity contribution in [3.8, 4) is 17.1 Å². The molecule has 6 rings (SSSR count). The summed E-state index contributed by atoms with van der Waals surface area (Å²) in [7, 11) is 0.